The zero-order chi connectivity index (χ0) is 22.6. The van der Waals surface area contributed by atoms with E-state index in [0.717, 1.165) is 33.1 Å². The Kier molecular flexibility index (Phi) is 5.77. The Morgan fingerprint density at radius 3 is 2.52 bits per heavy atom. The summed E-state index contributed by atoms with van der Waals surface area (Å²) in [6.07, 6.45) is 0. The highest BCUT2D eigenvalue weighted by Crippen LogP contribution is 2.26. The third kappa shape index (κ3) is 4.44. The van der Waals surface area contributed by atoms with Gasteiger partial charge in [-0.1, -0.05) is 78.9 Å². The molecule has 0 aliphatic rings. The smallest absolute Gasteiger partial charge is 0.240 e. The number of ether oxygens (including phenoxy) is 1. The molecule has 1 N–H and O–H groups in total. The number of nitrogens with one attached hydrogen (secondary N) is 1. The molecule has 33 heavy (non-hydrogen) atoms. The number of aromatic nitrogens is 2. The van der Waals surface area contributed by atoms with Crippen molar-refractivity contribution in [3.05, 3.63) is 108 Å². The highest BCUT2D eigenvalue weighted by molar-refractivity contribution is 5.88. The van der Waals surface area contributed by atoms with Gasteiger partial charge in [0.05, 0.1) is 17.1 Å². The lowest BCUT2D eigenvalue weighted by Gasteiger charge is -2.16. The Labute approximate surface area is 192 Å². The molecule has 1 amide bonds. The third-order valence-electron chi connectivity index (χ3n) is 5.82. The van der Waals surface area contributed by atoms with Crippen molar-refractivity contribution < 1.29 is 9.53 Å². The largest absolute Gasteiger partial charge is 0.485 e. The topological polar surface area (TPSA) is 56.2 Å². The normalized spacial score (nSPS) is 12.0. The highest BCUT2D eigenvalue weighted by atomic mass is 16.5. The molecule has 0 aliphatic carbocycles. The van der Waals surface area contributed by atoms with Gasteiger partial charge in [-0.2, -0.15) is 0 Å². The number of carbonyl (C=O) groups excluding carboxylic acids is 1. The molecule has 0 bridgehead atoms. The van der Waals surface area contributed by atoms with Gasteiger partial charge < -0.3 is 14.6 Å². The number of benzene rings is 4. The second-order valence-corrected chi connectivity index (χ2v) is 8.07. The number of para-hydroxylation sites is 2. The minimum Gasteiger partial charge on any atom is -0.485 e. The average molecular weight is 436 g/mol. The Balaban J connectivity index is 1.39. The van der Waals surface area contributed by atoms with Gasteiger partial charge >= 0.3 is 0 Å². The summed E-state index contributed by atoms with van der Waals surface area (Å²) in [4.78, 5) is 17.7. The van der Waals surface area contributed by atoms with Crippen LogP contribution in [0.25, 0.3) is 21.8 Å². The monoisotopic (exact) mass is 435 g/mol. The van der Waals surface area contributed by atoms with E-state index in [9.17, 15) is 4.79 Å². The summed E-state index contributed by atoms with van der Waals surface area (Å²) in [6.45, 7) is 2.43. The molecule has 164 valence electrons. The second-order valence-electron chi connectivity index (χ2n) is 8.07. The Morgan fingerprint density at radius 1 is 0.909 bits per heavy atom. The van der Waals surface area contributed by atoms with Crippen molar-refractivity contribution in [1.29, 1.82) is 0 Å². The lowest BCUT2D eigenvalue weighted by molar-refractivity contribution is -0.122. The number of nitrogens with zero attached hydrogens (tertiary/aromatic N) is 2. The molecule has 1 aromatic heterocycles. The summed E-state index contributed by atoms with van der Waals surface area (Å²) in [7, 11) is 0. The standard InChI is InChI=1S/C28H25N3O2/c1-20(21-10-3-2-4-11-21)29-28(32)18-31-25-16-8-7-15-24(25)30-27(31)19-33-26-17-9-13-22-12-5-6-14-23(22)26/h2-17,20H,18-19H2,1H3,(H,29,32). The van der Waals surface area contributed by atoms with Crippen LogP contribution in [0.2, 0.25) is 0 Å². The van der Waals surface area contributed by atoms with Crippen LogP contribution >= 0.6 is 0 Å². The molecule has 5 heteroatoms. The maximum absolute atomic E-state index is 12.9. The summed E-state index contributed by atoms with van der Waals surface area (Å²) in [5.74, 6) is 1.45. The number of carbonyl (C=O) groups is 1. The Morgan fingerprint density at radius 2 is 1.64 bits per heavy atom. The summed E-state index contributed by atoms with van der Waals surface area (Å²) in [6, 6.07) is 31.9. The minimum atomic E-state index is -0.0798. The number of amides is 1. The molecule has 0 fully saturated rings. The number of hydrogen-bond acceptors (Lipinski definition) is 3. The van der Waals surface area contributed by atoms with Crippen LogP contribution in [0.5, 0.6) is 5.75 Å². The van der Waals surface area contributed by atoms with Crippen LogP contribution in [0.3, 0.4) is 0 Å². The fourth-order valence-electron chi connectivity index (χ4n) is 4.13. The SMILES string of the molecule is CC(NC(=O)Cn1c(COc2cccc3ccccc23)nc2ccccc21)c1ccccc1. The van der Waals surface area contributed by atoms with Crippen LogP contribution in [0.15, 0.2) is 97.1 Å². The fraction of sp³-hybridized carbons (Fsp3) is 0.143. The number of hydrogen-bond donors (Lipinski definition) is 1. The third-order valence-corrected chi connectivity index (χ3v) is 5.82. The molecule has 0 aliphatic heterocycles. The van der Waals surface area contributed by atoms with Gasteiger partial charge in [0.15, 0.2) is 0 Å². The predicted molar refractivity (Wildman–Crippen MR) is 131 cm³/mol. The van der Waals surface area contributed by atoms with Gasteiger partial charge in [-0.25, -0.2) is 4.98 Å². The van der Waals surface area contributed by atoms with E-state index in [1.54, 1.807) is 0 Å². The summed E-state index contributed by atoms with van der Waals surface area (Å²) < 4.78 is 8.13. The molecule has 0 saturated heterocycles. The highest BCUT2D eigenvalue weighted by Gasteiger charge is 2.16. The molecule has 1 unspecified atom stereocenters. The Hall–Kier alpha value is -4.12. The average Bonchev–Trinajstić information content (AvgIpc) is 3.20. The maximum Gasteiger partial charge on any atom is 0.240 e. The van der Waals surface area contributed by atoms with Gasteiger partial charge in [-0.3, -0.25) is 4.79 Å². The van der Waals surface area contributed by atoms with Crippen molar-refractivity contribution in [2.75, 3.05) is 0 Å². The first kappa shape index (κ1) is 20.8. The number of rotatable bonds is 7. The van der Waals surface area contributed by atoms with E-state index in [0.29, 0.717) is 5.82 Å². The lowest BCUT2D eigenvalue weighted by Crippen LogP contribution is -2.30. The van der Waals surface area contributed by atoms with Crippen LogP contribution in [0.4, 0.5) is 0 Å². The second kappa shape index (κ2) is 9.17. The van der Waals surface area contributed by atoms with E-state index in [-0.39, 0.29) is 25.1 Å². The van der Waals surface area contributed by atoms with Crippen LogP contribution in [0, 0.1) is 0 Å². The quantitative estimate of drug-likeness (QED) is 0.360. The van der Waals surface area contributed by atoms with Gasteiger partial charge in [-0.15, -0.1) is 0 Å². The number of fused-ring (bicyclic) bond motifs is 2. The predicted octanol–water partition coefficient (Wildman–Crippen LogP) is 5.65. The first-order valence-corrected chi connectivity index (χ1v) is 11.1. The van der Waals surface area contributed by atoms with Crippen molar-refractivity contribution in [2.45, 2.75) is 26.1 Å². The molecule has 5 rings (SSSR count). The molecule has 5 aromatic rings. The summed E-state index contributed by atoms with van der Waals surface area (Å²) in [5.41, 5.74) is 2.83. The fourth-order valence-corrected chi connectivity index (χ4v) is 4.13. The molecule has 5 nitrogen and oxygen atoms in total. The molecular weight excluding hydrogens is 410 g/mol. The summed E-state index contributed by atoms with van der Waals surface area (Å²) in [5, 5.41) is 5.27. The van der Waals surface area contributed by atoms with Crippen LogP contribution in [-0.4, -0.2) is 15.5 Å². The van der Waals surface area contributed by atoms with E-state index >= 15 is 0 Å². The molecule has 1 heterocycles. The van der Waals surface area contributed by atoms with Gasteiger partial charge in [-0.05, 0) is 36.1 Å². The molecule has 0 spiro atoms. The van der Waals surface area contributed by atoms with Crippen molar-refractivity contribution in [3.8, 4) is 5.75 Å². The maximum atomic E-state index is 12.9. The molecule has 1 atom stereocenters. The van der Waals surface area contributed by atoms with Gasteiger partial charge in [0, 0.05) is 5.39 Å². The van der Waals surface area contributed by atoms with E-state index in [4.69, 9.17) is 9.72 Å². The molecule has 4 aromatic carbocycles. The zero-order valence-corrected chi connectivity index (χ0v) is 18.4. The van der Waals surface area contributed by atoms with E-state index in [1.807, 2.05) is 96.4 Å². The van der Waals surface area contributed by atoms with Crippen molar-refractivity contribution in [3.63, 3.8) is 0 Å². The van der Waals surface area contributed by atoms with E-state index in [2.05, 4.69) is 17.4 Å². The lowest BCUT2D eigenvalue weighted by atomic mass is 10.1. The molecular formula is C28H25N3O2. The first-order valence-electron chi connectivity index (χ1n) is 11.1. The van der Waals surface area contributed by atoms with E-state index < -0.39 is 0 Å². The van der Waals surface area contributed by atoms with E-state index in [1.165, 1.54) is 0 Å². The van der Waals surface area contributed by atoms with Crippen LogP contribution < -0.4 is 10.1 Å². The van der Waals surface area contributed by atoms with Gasteiger partial charge in [0.1, 0.15) is 24.7 Å². The minimum absolute atomic E-state index is 0.0686. The molecule has 0 radical (unpaired) electrons. The van der Waals surface area contributed by atoms with Crippen LogP contribution in [-0.2, 0) is 17.9 Å². The van der Waals surface area contributed by atoms with Crippen molar-refractivity contribution in [1.82, 2.24) is 14.9 Å². The zero-order valence-electron chi connectivity index (χ0n) is 18.4. The summed E-state index contributed by atoms with van der Waals surface area (Å²) >= 11 is 0. The number of imidazole rings is 1. The van der Waals surface area contributed by atoms with Crippen molar-refractivity contribution >= 4 is 27.7 Å². The van der Waals surface area contributed by atoms with Gasteiger partial charge in [0.2, 0.25) is 5.91 Å². The first-order chi connectivity index (χ1) is 16.2. The van der Waals surface area contributed by atoms with Crippen LogP contribution in [0.1, 0.15) is 24.4 Å². The van der Waals surface area contributed by atoms with Crippen molar-refractivity contribution in [2.24, 2.45) is 0 Å². The van der Waals surface area contributed by atoms with Gasteiger partial charge in [0.25, 0.3) is 0 Å². The Bertz CT molecular complexity index is 1400. The molecule has 0 saturated carbocycles.